The minimum Gasteiger partial charge on any atom is -0.356 e. The molecule has 1 heterocycles. The molecule has 0 aliphatic heterocycles. The number of nitrogens with one attached hydrogen (secondary N) is 2. The lowest BCUT2D eigenvalue weighted by Gasteiger charge is -2.12. The van der Waals surface area contributed by atoms with Crippen LogP contribution in [0, 0.1) is 13.8 Å². The van der Waals surface area contributed by atoms with E-state index in [9.17, 15) is 0 Å². The number of hydrogen-bond donors (Lipinski definition) is 2. The minimum absolute atomic E-state index is 0. The Kier molecular flexibility index (Phi) is 9.07. The lowest BCUT2D eigenvalue weighted by atomic mass is 10.1. The molecule has 24 heavy (non-hydrogen) atoms. The van der Waals surface area contributed by atoms with Crippen LogP contribution in [0.5, 0.6) is 0 Å². The van der Waals surface area contributed by atoms with Gasteiger partial charge in [0.15, 0.2) is 5.96 Å². The molecule has 0 unspecified atom stereocenters. The van der Waals surface area contributed by atoms with Gasteiger partial charge >= 0.3 is 0 Å². The molecule has 0 saturated heterocycles. The number of guanidine groups is 1. The first kappa shape index (κ1) is 20.7. The highest BCUT2D eigenvalue weighted by Crippen LogP contribution is 2.09. The van der Waals surface area contributed by atoms with Gasteiger partial charge in [0.2, 0.25) is 0 Å². The number of nitrogens with zero attached hydrogens (tertiary/aromatic N) is 2. The van der Waals surface area contributed by atoms with Crippen LogP contribution in [0.1, 0.15) is 22.3 Å². The number of rotatable bonds is 5. The van der Waals surface area contributed by atoms with E-state index in [1.165, 1.54) is 16.7 Å². The first-order valence-electron chi connectivity index (χ1n) is 7.69. The van der Waals surface area contributed by atoms with Crippen molar-refractivity contribution in [3.63, 3.8) is 0 Å². The Labute approximate surface area is 166 Å². The van der Waals surface area contributed by atoms with Gasteiger partial charge in [-0.25, -0.2) is 4.98 Å². The summed E-state index contributed by atoms with van der Waals surface area (Å²) >= 11 is 5.78. The molecule has 0 spiro atoms. The first-order valence-corrected chi connectivity index (χ1v) is 8.07. The van der Waals surface area contributed by atoms with Crippen molar-refractivity contribution in [2.75, 3.05) is 13.6 Å². The topological polar surface area (TPSA) is 49.3 Å². The third kappa shape index (κ3) is 7.05. The summed E-state index contributed by atoms with van der Waals surface area (Å²) in [6.07, 6.45) is 2.73. The largest absolute Gasteiger partial charge is 0.356 e. The third-order valence-corrected chi connectivity index (χ3v) is 3.68. The fourth-order valence-corrected chi connectivity index (χ4v) is 2.57. The molecule has 6 heteroatoms. The molecule has 2 N–H and O–H groups in total. The lowest BCUT2D eigenvalue weighted by Crippen LogP contribution is -2.37. The van der Waals surface area contributed by atoms with Crippen LogP contribution in [0.3, 0.4) is 0 Å². The first-order chi connectivity index (χ1) is 11.1. The van der Waals surface area contributed by atoms with Gasteiger partial charge in [0.25, 0.3) is 0 Å². The van der Waals surface area contributed by atoms with Gasteiger partial charge in [-0.1, -0.05) is 47.0 Å². The number of pyridine rings is 1. The minimum atomic E-state index is 0. The van der Waals surface area contributed by atoms with Crippen LogP contribution >= 0.6 is 35.6 Å². The van der Waals surface area contributed by atoms with Crippen LogP contribution in [-0.4, -0.2) is 24.5 Å². The molecule has 0 amide bonds. The van der Waals surface area contributed by atoms with Gasteiger partial charge in [0.05, 0.1) is 0 Å². The van der Waals surface area contributed by atoms with Gasteiger partial charge in [-0.3, -0.25) is 4.99 Å². The predicted octanol–water partition coefficient (Wildman–Crippen LogP) is 3.88. The summed E-state index contributed by atoms with van der Waals surface area (Å²) in [6.45, 7) is 5.75. The molecule has 0 aliphatic rings. The van der Waals surface area contributed by atoms with E-state index in [2.05, 4.69) is 52.7 Å². The fourth-order valence-electron chi connectivity index (χ4n) is 2.46. The highest BCUT2D eigenvalue weighted by atomic mass is 127. The highest BCUT2D eigenvalue weighted by molar-refractivity contribution is 14.0. The maximum atomic E-state index is 5.78. The second kappa shape index (κ2) is 10.5. The molecule has 0 fully saturated rings. The summed E-state index contributed by atoms with van der Waals surface area (Å²) in [4.78, 5) is 8.30. The Morgan fingerprint density at radius 2 is 1.79 bits per heavy atom. The highest BCUT2D eigenvalue weighted by Gasteiger charge is 2.00. The van der Waals surface area contributed by atoms with Crippen LogP contribution in [0.25, 0.3) is 0 Å². The van der Waals surface area contributed by atoms with Crippen molar-refractivity contribution in [2.24, 2.45) is 4.99 Å². The summed E-state index contributed by atoms with van der Waals surface area (Å²) < 4.78 is 0. The average Bonchev–Trinajstić information content (AvgIpc) is 2.51. The molecule has 4 nitrogen and oxygen atoms in total. The van der Waals surface area contributed by atoms with Crippen LogP contribution in [0.2, 0.25) is 5.15 Å². The molecule has 0 aliphatic carbocycles. The van der Waals surface area contributed by atoms with Crippen molar-refractivity contribution in [1.29, 1.82) is 0 Å². The summed E-state index contributed by atoms with van der Waals surface area (Å²) in [6, 6.07) is 10.4. The van der Waals surface area contributed by atoms with E-state index in [0.717, 1.165) is 24.5 Å². The molecule has 2 rings (SSSR count). The van der Waals surface area contributed by atoms with E-state index in [0.29, 0.717) is 11.7 Å². The van der Waals surface area contributed by atoms with E-state index in [4.69, 9.17) is 11.6 Å². The quantitative estimate of drug-likeness (QED) is 0.309. The second-order valence-corrected chi connectivity index (χ2v) is 5.97. The maximum absolute atomic E-state index is 5.78. The molecule has 130 valence electrons. The van der Waals surface area contributed by atoms with E-state index < -0.39 is 0 Å². The maximum Gasteiger partial charge on any atom is 0.191 e. The van der Waals surface area contributed by atoms with Crippen molar-refractivity contribution in [3.05, 3.63) is 63.9 Å². The second-order valence-electron chi connectivity index (χ2n) is 5.59. The number of hydrogen-bond acceptors (Lipinski definition) is 2. The van der Waals surface area contributed by atoms with Crippen molar-refractivity contribution < 1.29 is 0 Å². The SMILES string of the molecule is CN=C(NCCc1cc(C)cc(C)c1)NCc1ccc(Cl)nc1.I. The Bertz CT molecular complexity index is 651. The van der Waals surface area contributed by atoms with Crippen molar-refractivity contribution in [1.82, 2.24) is 15.6 Å². The Morgan fingerprint density at radius 1 is 1.08 bits per heavy atom. The monoisotopic (exact) mass is 458 g/mol. The number of aromatic nitrogens is 1. The van der Waals surface area contributed by atoms with Crippen molar-refractivity contribution >= 4 is 41.5 Å². The zero-order valence-electron chi connectivity index (χ0n) is 14.3. The van der Waals surface area contributed by atoms with E-state index in [1.807, 2.05) is 6.07 Å². The number of benzene rings is 1. The molecular weight excluding hydrogens is 435 g/mol. The van der Waals surface area contributed by atoms with Gasteiger partial charge in [0, 0.05) is 26.3 Å². The molecular formula is C18H24ClIN4. The summed E-state index contributed by atoms with van der Waals surface area (Å²) in [5.74, 6) is 0.782. The molecule has 2 aromatic rings. The number of aryl methyl sites for hydroxylation is 2. The summed E-state index contributed by atoms with van der Waals surface area (Å²) in [7, 11) is 1.77. The summed E-state index contributed by atoms with van der Waals surface area (Å²) in [5.41, 5.74) is 5.01. The predicted molar refractivity (Wildman–Crippen MR) is 112 cm³/mol. The Morgan fingerprint density at radius 3 is 2.38 bits per heavy atom. The smallest absolute Gasteiger partial charge is 0.191 e. The standard InChI is InChI=1S/C18H23ClN4.HI/c1-13-8-14(2)10-15(9-13)6-7-21-18(20-3)23-12-16-4-5-17(19)22-11-16;/h4-5,8-11H,6-7,12H2,1-3H3,(H2,20,21,23);1H. The lowest BCUT2D eigenvalue weighted by molar-refractivity contribution is 0.792. The average molecular weight is 459 g/mol. The Balaban J connectivity index is 0.00000288. The van der Waals surface area contributed by atoms with Gasteiger partial charge in [0.1, 0.15) is 5.15 Å². The summed E-state index contributed by atoms with van der Waals surface area (Å²) in [5, 5.41) is 7.11. The molecule has 0 saturated carbocycles. The van der Waals surface area contributed by atoms with Crippen molar-refractivity contribution in [3.8, 4) is 0 Å². The van der Waals surface area contributed by atoms with Gasteiger partial charge in [-0.05, 0) is 37.5 Å². The zero-order valence-corrected chi connectivity index (χ0v) is 17.4. The van der Waals surface area contributed by atoms with E-state index in [1.54, 1.807) is 19.3 Å². The molecule has 0 radical (unpaired) electrons. The molecule has 1 aromatic heterocycles. The molecule has 1 aromatic carbocycles. The van der Waals surface area contributed by atoms with Gasteiger partial charge in [-0.15, -0.1) is 24.0 Å². The normalized spacial score (nSPS) is 10.9. The van der Waals surface area contributed by atoms with Crippen LogP contribution < -0.4 is 10.6 Å². The van der Waals surface area contributed by atoms with E-state index >= 15 is 0 Å². The fraction of sp³-hybridized carbons (Fsp3) is 0.333. The third-order valence-electron chi connectivity index (χ3n) is 3.46. The Hall–Kier alpha value is -1.34. The number of halogens is 2. The van der Waals surface area contributed by atoms with Gasteiger partial charge in [-0.2, -0.15) is 0 Å². The van der Waals surface area contributed by atoms with E-state index in [-0.39, 0.29) is 24.0 Å². The van der Waals surface area contributed by atoms with Crippen molar-refractivity contribution in [2.45, 2.75) is 26.8 Å². The van der Waals surface area contributed by atoms with Crippen LogP contribution in [-0.2, 0) is 13.0 Å². The molecule has 0 atom stereocenters. The van der Waals surface area contributed by atoms with Crippen LogP contribution in [0.15, 0.2) is 41.5 Å². The van der Waals surface area contributed by atoms with Gasteiger partial charge < -0.3 is 10.6 Å². The van der Waals surface area contributed by atoms with Crippen LogP contribution in [0.4, 0.5) is 0 Å². The molecule has 0 bridgehead atoms. The number of aliphatic imine (C=N–C) groups is 1. The zero-order chi connectivity index (χ0) is 16.7.